The van der Waals surface area contributed by atoms with Crippen LogP contribution in [0.2, 0.25) is 0 Å². The van der Waals surface area contributed by atoms with E-state index in [0.29, 0.717) is 30.0 Å². The van der Waals surface area contributed by atoms with E-state index < -0.39 is 10.0 Å². The minimum atomic E-state index is -3.49. The quantitative estimate of drug-likeness (QED) is 0.631. The van der Waals surface area contributed by atoms with Crippen LogP contribution in [-0.2, 0) is 21.4 Å². The fourth-order valence-electron chi connectivity index (χ4n) is 4.30. The standard InChI is InChI=1S/C21H30N4O3S2/c1-3-25-19-10-9-17(30(27,28)24-13-5-4-6-14-24)15-18(19)22-21(25)29-16(2)20(26)23-11-7-8-12-23/h9-10,15-16H,3-8,11-14H2,1-2H3/t16-/m0/s1. The van der Waals surface area contributed by atoms with Crippen molar-refractivity contribution in [3.8, 4) is 0 Å². The van der Waals surface area contributed by atoms with Gasteiger partial charge in [0.25, 0.3) is 0 Å². The van der Waals surface area contributed by atoms with E-state index in [4.69, 9.17) is 4.98 Å². The molecule has 4 rings (SSSR count). The van der Waals surface area contributed by atoms with Crippen molar-refractivity contribution < 1.29 is 13.2 Å². The van der Waals surface area contributed by atoms with Crippen LogP contribution in [0.3, 0.4) is 0 Å². The molecular weight excluding hydrogens is 420 g/mol. The van der Waals surface area contributed by atoms with Gasteiger partial charge in [-0.3, -0.25) is 4.79 Å². The molecule has 1 aromatic carbocycles. The Balaban J connectivity index is 1.61. The second-order valence-corrected chi connectivity index (χ2v) is 11.3. The third-order valence-electron chi connectivity index (χ3n) is 6.00. The number of sulfonamides is 1. The van der Waals surface area contributed by atoms with Crippen LogP contribution in [0.4, 0.5) is 0 Å². The van der Waals surface area contributed by atoms with Crippen LogP contribution in [0, 0.1) is 0 Å². The molecule has 2 aromatic rings. The number of carbonyl (C=O) groups excluding carboxylic acids is 1. The van der Waals surface area contributed by atoms with E-state index in [9.17, 15) is 13.2 Å². The molecule has 1 aromatic heterocycles. The number of amides is 1. The molecule has 30 heavy (non-hydrogen) atoms. The van der Waals surface area contributed by atoms with Crippen LogP contribution in [0.25, 0.3) is 11.0 Å². The second kappa shape index (κ2) is 8.88. The highest BCUT2D eigenvalue weighted by Crippen LogP contribution is 2.31. The van der Waals surface area contributed by atoms with E-state index in [1.807, 2.05) is 24.8 Å². The summed E-state index contributed by atoms with van der Waals surface area (Å²) in [6.45, 7) is 7.52. The molecule has 0 unspecified atom stereocenters. The van der Waals surface area contributed by atoms with Crippen molar-refractivity contribution in [3.05, 3.63) is 18.2 Å². The number of hydrogen-bond donors (Lipinski definition) is 0. The lowest BCUT2D eigenvalue weighted by molar-refractivity contribution is -0.129. The highest BCUT2D eigenvalue weighted by molar-refractivity contribution is 8.00. The zero-order valence-electron chi connectivity index (χ0n) is 17.7. The van der Waals surface area contributed by atoms with Crippen LogP contribution < -0.4 is 0 Å². The molecule has 2 aliphatic heterocycles. The van der Waals surface area contributed by atoms with Gasteiger partial charge in [-0.05, 0) is 57.7 Å². The Morgan fingerprint density at radius 1 is 1.10 bits per heavy atom. The first-order chi connectivity index (χ1) is 14.4. The van der Waals surface area contributed by atoms with Gasteiger partial charge in [0, 0.05) is 32.7 Å². The van der Waals surface area contributed by atoms with Gasteiger partial charge in [0.2, 0.25) is 15.9 Å². The fourth-order valence-corrected chi connectivity index (χ4v) is 6.91. The minimum absolute atomic E-state index is 0.153. The predicted octanol–water partition coefficient (Wildman–Crippen LogP) is 3.33. The summed E-state index contributed by atoms with van der Waals surface area (Å²) in [5, 5.41) is 0.543. The molecule has 164 valence electrons. The molecule has 2 saturated heterocycles. The van der Waals surface area contributed by atoms with Gasteiger partial charge in [-0.1, -0.05) is 18.2 Å². The van der Waals surface area contributed by atoms with Gasteiger partial charge in [-0.15, -0.1) is 0 Å². The third-order valence-corrected chi connectivity index (χ3v) is 8.97. The maximum Gasteiger partial charge on any atom is 0.243 e. The number of piperidine rings is 1. The first-order valence-corrected chi connectivity index (χ1v) is 13.2. The van der Waals surface area contributed by atoms with Crippen molar-refractivity contribution in [2.45, 2.75) is 67.8 Å². The molecule has 0 saturated carbocycles. The summed E-state index contributed by atoms with van der Waals surface area (Å²) in [7, 11) is -3.49. The number of imidazole rings is 1. The normalized spacial score (nSPS) is 19.5. The molecule has 2 aliphatic rings. The van der Waals surface area contributed by atoms with Gasteiger partial charge >= 0.3 is 0 Å². The van der Waals surface area contributed by atoms with Crippen molar-refractivity contribution in [1.29, 1.82) is 0 Å². The zero-order chi connectivity index (χ0) is 21.3. The van der Waals surface area contributed by atoms with Crippen molar-refractivity contribution in [2.75, 3.05) is 26.2 Å². The SMILES string of the molecule is CCn1c(S[C@@H](C)C(=O)N2CCCC2)nc2cc(S(=O)(=O)N3CCCCC3)ccc21. The molecule has 2 fully saturated rings. The van der Waals surface area contributed by atoms with Gasteiger partial charge in [0.15, 0.2) is 5.16 Å². The summed E-state index contributed by atoms with van der Waals surface area (Å²) in [6, 6.07) is 5.22. The lowest BCUT2D eigenvalue weighted by Gasteiger charge is -2.25. The number of nitrogens with zero attached hydrogens (tertiary/aromatic N) is 4. The summed E-state index contributed by atoms with van der Waals surface area (Å²) in [5.74, 6) is 0.153. The Morgan fingerprint density at radius 2 is 1.77 bits per heavy atom. The fraction of sp³-hybridized carbons (Fsp3) is 0.619. The number of aromatic nitrogens is 2. The highest BCUT2D eigenvalue weighted by Gasteiger charge is 2.28. The topological polar surface area (TPSA) is 75.5 Å². The smallest absolute Gasteiger partial charge is 0.243 e. The number of hydrogen-bond acceptors (Lipinski definition) is 5. The molecule has 3 heterocycles. The molecule has 0 N–H and O–H groups in total. The number of carbonyl (C=O) groups is 1. The first-order valence-electron chi connectivity index (χ1n) is 10.9. The van der Waals surface area contributed by atoms with Gasteiger partial charge < -0.3 is 9.47 Å². The monoisotopic (exact) mass is 450 g/mol. The Labute approximate surface area is 182 Å². The molecule has 9 heteroatoms. The van der Waals surface area contributed by atoms with Crippen molar-refractivity contribution in [2.24, 2.45) is 0 Å². The van der Waals surface area contributed by atoms with E-state index in [1.54, 1.807) is 16.4 Å². The Kier molecular flexibility index (Phi) is 6.41. The van der Waals surface area contributed by atoms with Crippen LogP contribution >= 0.6 is 11.8 Å². The summed E-state index contributed by atoms with van der Waals surface area (Å²) in [5.41, 5.74) is 1.57. The van der Waals surface area contributed by atoms with E-state index >= 15 is 0 Å². The Bertz CT molecular complexity index is 1020. The van der Waals surface area contributed by atoms with Gasteiger partial charge in [0.05, 0.1) is 21.2 Å². The molecule has 1 atom stereocenters. The maximum absolute atomic E-state index is 13.0. The first kappa shape index (κ1) is 21.6. The number of aryl methyl sites for hydroxylation is 1. The minimum Gasteiger partial charge on any atom is -0.342 e. The van der Waals surface area contributed by atoms with Crippen LogP contribution in [0.1, 0.15) is 46.0 Å². The lowest BCUT2D eigenvalue weighted by Crippen LogP contribution is -2.35. The number of fused-ring (bicyclic) bond motifs is 1. The number of benzene rings is 1. The largest absolute Gasteiger partial charge is 0.342 e. The molecule has 0 aliphatic carbocycles. The highest BCUT2D eigenvalue weighted by atomic mass is 32.2. The molecule has 0 spiro atoms. The average molecular weight is 451 g/mol. The van der Waals surface area contributed by atoms with Crippen LogP contribution in [-0.4, -0.2) is 64.5 Å². The number of thioether (sulfide) groups is 1. The Hall–Kier alpha value is -1.58. The molecule has 0 bridgehead atoms. The van der Waals surface area contributed by atoms with E-state index in [2.05, 4.69) is 4.57 Å². The number of rotatable bonds is 6. The lowest BCUT2D eigenvalue weighted by atomic mass is 10.2. The molecule has 0 radical (unpaired) electrons. The summed E-state index contributed by atoms with van der Waals surface area (Å²) in [6.07, 6.45) is 5.06. The zero-order valence-corrected chi connectivity index (χ0v) is 19.3. The van der Waals surface area contributed by atoms with Crippen molar-refractivity contribution in [3.63, 3.8) is 0 Å². The Morgan fingerprint density at radius 3 is 2.43 bits per heavy atom. The molecular formula is C21H30N4O3S2. The van der Waals surface area contributed by atoms with Gasteiger partial charge in [0.1, 0.15) is 0 Å². The van der Waals surface area contributed by atoms with Crippen LogP contribution in [0.5, 0.6) is 0 Å². The maximum atomic E-state index is 13.0. The summed E-state index contributed by atoms with van der Waals surface area (Å²) >= 11 is 1.46. The average Bonchev–Trinajstić information content (AvgIpc) is 3.41. The molecule has 1 amide bonds. The van der Waals surface area contributed by atoms with E-state index in [1.165, 1.54) is 11.8 Å². The summed E-state index contributed by atoms with van der Waals surface area (Å²) in [4.78, 5) is 19.7. The van der Waals surface area contributed by atoms with E-state index in [-0.39, 0.29) is 11.2 Å². The van der Waals surface area contributed by atoms with Gasteiger partial charge in [-0.25, -0.2) is 13.4 Å². The van der Waals surface area contributed by atoms with Gasteiger partial charge in [-0.2, -0.15) is 4.31 Å². The summed E-state index contributed by atoms with van der Waals surface area (Å²) < 4.78 is 29.7. The third kappa shape index (κ3) is 4.11. The van der Waals surface area contributed by atoms with Crippen molar-refractivity contribution in [1.82, 2.24) is 18.8 Å². The van der Waals surface area contributed by atoms with E-state index in [0.717, 1.165) is 55.9 Å². The predicted molar refractivity (Wildman–Crippen MR) is 119 cm³/mol. The van der Waals surface area contributed by atoms with Crippen molar-refractivity contribution >= 4 is 38.7 Å². The van der Waals surface area contributed by atoms with Crippen LogP contribution in [0.15, 0.2) is 28.3 Å². The second-order valence-electron chi connectivity index (χ2n) is 8.05. The number of likely N-dealkylation sites (tertiary alicyclic amines) is 1. The molecule has 7 nitrogen and oxygen atoms in total.